The maximum absolute atomic E-state index is 11.4. The van der Waals surface area contributed by atoms with Crippen LogP contribution in [0.5, 0.6) is 0 Å². The van der Waals surface area contributed by atoms with E-state index in [4.69, 9.17) is 0 Å². The minimum absolute atomic E-state index is 0.0881. The molecule has 0 aliphatic carbocycles. The van der Waals surface area contributed by atoms with Gasteiger partial charge in [0, 0.05) is 17.9 Å². The van der Waals surface area contributed by atoms with Crippen molar-refractivity contribution < 1.29 is 8.42 Å². The average Bonchev–Trinajstić information content (AvgIpc) is 2.44. The van der Waals surface area contributed by atoms with Crippen molar-refractivity contribution in [2.75, 3.05) is 22.3 Å². The predicted octanol–water partition coefficient (Wildman–Crippen LogP) is 3.83. The van der Waals surface area contributed by atoms with Crippen molar-refractivity contribution in [1.82, 2.24) is 0 Å². The van der Waals surface area contributed by atoms with Gasteiger partial charge in [0.1, 0.15) is 0 Å². The Labute approximate surface area is 123 Å². The zero-order chi connectivity index (χ0) is 14.8. The molecular weight excluding hydrogens is 272 g/mol. The van der Waals surface area contributed by atoms with Crippen molar-refractivity contribution in [3.63, 3.8) is 0 Å². The molecule has 0 amide bonds. The largest absolute Gasteiger partial charge is 0.385 e. The highest BCUT2D eigenvalue weighted by Crippen LogP contribution is 2.15. The molecule has 20 heavy (non-hydrogen) atoms. The lowest BCUT2D eigenvalue weighted by Gasteiger charge is -2.09. The molecule has 0 aliphatic rings. The maximum Gasteiger partial charge on any atom is 0.232 e. The van der Waals surface area contributed by atoms with Crippen LogP contribution in [0.25, 0.3) is 0 Å². The monoisotopic (exact) mass is 298 g/mol. The number of hydrogen-bond donors (Lipinski definition) is 2. The summed E-state index contributed by atoms with van der Waals surface area (Å²) >= 11 is 0. The first-order chi connectivity index (χ1) is 9.57. The van der Waals surface area contributed by atoms with Crippen LogP contribution in [0, 0.1) is 0 Å². The van der Waals surface area contributed by atoms with Crippen LogP contribution in [0.4, 0.5) is 11.4 Å². The summed E-state index contributed by atoms with van der Waals surface area (Å²) in [6, 6.07) is 7.37. The van der Waals surface area contributed by atoms with E-state index < -0.39 is 10.0 Å². The van der Waals surface area contributed by atoms with Crippen LogP contribution in [0.3, 0.4) is 0 Å². The average molecular weight is 298 g/mol. The highest BCUT2D eigenvalue weighted by Gasteiger charge is 2.05. The number of benzene rings is 1. The Morgan fingerprint density at radius 2 is 1.50 bits per heavy atom. The predicted molar refractivity (Wildman–Crippen MR) is 86.8 cm³/mol. The first-order valence-corrected chi connectivity index (χ1v) is 9.07. The maximum atomic E-state index is 11.4. The molecule has 5 heteroatoms. The van der Waals surface area contributed by atoms with Crippen molar-refractivity contribution >= 4 is 21.4 Å². The molecular formula is C15H26N2O2S. The molecule has 0 radical (unpaired) electrons. The lowest BCUT2D eigenvalue weighted by molar-refractivity contribution is 0.602. The first kappa shape index (κ1) is 16.8. The van der Waals surface area contributed by atoms with Gasteiger partial charge in [0.2, 0.25) is 10.0 Å². The Morgan fingerprint density at radius 3 is 2.10 bits per heavy atom. The van der Waals surface area contributed by atoms with Gasteiger partial charge in [-0.2, -0.15) is 0 Å². The molecule has 2 N–H and O–H groups in total. The fourth-order valence-corrected chi connectivity index (χ4v) is 2.51. The molecule has 0 fully saturated rings. The van der Waals surface area contributed by atoms with Crippen LogP contribution in [0.2, 0.25) is 0 Å². The molecule has 0 heterocycles. The van der Waals surface area contributed by atoms with Gasteiger partial charge in [-0.05, 0) is 37.6 Å². The normalized spacial score (nSPS) is 11.3. The Morgan fingerprint density at radius 1 is 0.900 bits per heavy atom. The number of nitrogens with one attached hydrogen (secondary N) is 2. The van der Waals surface area contributed by atoms with Crippen LogP contribution in [-0.4, -0.2) is 20.7 Å². The second-order valence-corrected chi connectivity index (χ2v) is 6.93. The number of anilines is 2. The summed E-state index contributed by atoms with van der Waals surface area (Å²) in [6.07, 6.45) is 6.31. The molecule has 0 saturated heterocycles. The van der Waals surface area contributed by atoms with Gasteiger partial charge in [0.25, 0.3) is 0 Å². The van der Waals surface area contributed by atoms with Gasteiger partial charge < -0.3 is 5.32 Å². The lowest BCUT2D eigenvalue weighted by atomic mass is 10.1. The molecule has 4 nitrogen and oxygen atoms in total. The summed E-state index contributed by atoms with van der Waals surface area (Å²) in [7, 11) is -3.19. The van der Waals surface area contributed by atoms with E-state index in [1.807, 2.05) is 12.1 Å². The van der Waals surface area contributed by atoms with Crippen molar-refractivity contribution in [3.8, 4) is 0 Å². The van der Waals surface area contributed by atoms with Crippen LogP contribution >= 0.6 is 0 Å². The van der Waals surface area contributed by atoms with E-state index in [2.05, 4.69) is 17.0 Å². The quantitative estimate of drug-likeness (QED) is 0.645. The molecule has 0 unspecified atom stereocenters. The van der Waals surface area contributed by atoms with Crippen LogP contribution in [0.1, 0.15) is 46.0 Å². The lowest BCUT2D eigenvalue weighted by Crippen LogP contribution is -2.14. The van der Waals surface area contributed by atoms with E-state index >= 15 is 0 Å². The SMILES string of the molecule is CCCCCCCNc1ccc(NS(=O)(=O)CC)cc1. The van der Waals surface area contributed by atoms with Gasteiger partial charge in [-0.3, -0.25) is 4.72 Å². The molecule has 1 aromatic rings. The summed E-state index contributed by atoms with van der Waals surface area (Å²) in [5, 5.41) is 3.35. The summed E-state index contributed by atoms with van der Waals surface area (Å²) in [6.45, 7) is 4.80. The highest BCUT2D eigenvalue weighted by molar-refractivity contribution is 7.92. The number of sulfonamides is 1. The van der Waals surface area contributed by atoms with E-state index in [1.165, 1.54) is 32.1 Å². The summed E-state index contributed by atoms with van der Waals surface area (Å²) in [5.74, 6) is 0.0881. The van der Waals surface area contributed by atoms with E-state index in [0.717, 1.165) is 12.2 Å². The smallest absolute Gasteiger partial charge is 0.232 e. The van der Waals surface area contributed by atoms with Crippen LogP contribution in [0.15, 0.2) is 24.3 Å². The van der Waals surface area contributed by atoms with Crippen molar-refractivity contribution in [1.29, 1.82) is 0 Å². The fraction of sp³-hybridized carbons (Fsp3) is 0.600. The third-order valence-corrected chi connectivity index (χ3v) is 4.45. The van der Waals surface area contributed by atoms with Crippen LogP contribution in [-0.2, 0) is 10.0 Å². The molecule has 0 spiro atoms. The highest BCUT2D eigenvalue weighted by atomic mass is 32.2. The zero-order valence-electron chi connectivity index (χ0n) is 12.5. The first-order valence-electron chi connectivity index (χ1n) is 7.42. The Kier molecular flexibility index (Phi) is 7.44. The van der Waals surface area contributed by atoms with Crippen molar-refractivity contribution in [3.05, 3.63) is 24.3 Å². The second-order valence-electron chi connectivity index (χ2n) is 4.92. The van der Waals surface area contributed by atoms with Crippen LogP contribution < -0.4 is 10.0 Å². The Balaban J connectivity index is 2.32. The molecule has 0 saturated carbocycles. The Hall–Kier alpha value is -1.23. The fourth-order valence-electron chi connectivity index (χ4n) is 1.87. The van der Waals surface area contributed by atoms with Gasteiger partial charge >= 0.3 is 0 Å². The molecule has 0 aliphatic heterocycles. The second kappa shape index (κ2) is 8.84. The minimum Gasteiger partial charge on any atom is -0.385 e. The molecule has 1 aromatic carbocycles. The van der Waals surface area contributed by atoms with E-state index in [9.17, 15) is 8.42 Å². The molecule has 0 atom stereocenters. The summed E-state index contributed by atoms with van der Waals surface area (Å²) in [4.78, 5) is 0. The van der Waals surface area contributed by atoms with Gasteiger partial charge in [-0.25, -0.2) is 8.42 Å². The van der Waals surface area contributed by atoms with Gasteiger partial charge in [0.05, 0.1) is 5.75 Å². The molecule has 1 rings (SSSR count). The standard InChI is InChI=1S/C15H26N2O2S/c1-3-5-6-7-8-13-16-14-9-11-15(12-10-14)17-20(18,19)4-2/h9-12,16-17H,3-8,13H2,1-2H3. The topological polar surface area (TPSA) is 58.2 Å². The van der Waals surface area contributed by atoms with Crippen molar-refractivity contribution in [2.24, 2.45) is 0 Å². The minimum atomic E-state index is -3.19. The van der Waals surface area contributed by atoms with Crippen molar-refractivity contribution in [2.45, 2.75) is 46.0 Å². The number of unbranched alkanes of at least 4 members (excludes halogenated alkanes) is 4. The molecule has 0 bridgehead atoms. The zero-order valence-corrected chi connectivity index (χ0v) is 13.3. The van der Waals surface area contributed by atoms with Gasteiger partial charge in [-0.15, -0.1) is 0 Å². The third kappa shape index (κ3) is 6.80. The Bertz CT molecular complexity index is 469. The number of hydrogen-bond acceptors (Lipinski definition) is 3. The van der Waals surface area contributed by atoms with Gasteiger partial charge in [0.15, 0.2) is 0 Å². The molecule has 114 valence electrons. The van der Waals surface area contributed by atoms with E-state index in [0.29, 0.717) is 5.69 Å². The molecule has 0 aromatic heterocycles. The summed E-state index contributed by atoms with van der Waals surface area (Å²) in [5.41, 5.74) is 1.64. The van der Waals surface area contributed by atoms with E-state index in [-0.39, 0.29) is 5.75 Å². The van der Waals surface area contributed by atoms with Gasteiger partial charge in [-0.1, -0.05) is 32.6 Å². The summed E-state index contributed by atoms with van der Waals surface area (Å²) < 4.78 is 25.4. The third-order valence-electron chi connectivity index (χ3n) is 3.15. The number of rotatable bonds is 10. The van der Waals surface area contributed by atoms with E-state index in [1.54, 1.807) is 19.1 Å².